The second-order valence-corrected chi connectivity index (χ2v) is 7.11. The highest BCUT2D eigenvalue weighted by atomic mass is 79.9. The predicted molar refractivity (Wildman–Crippen MR) is 96.3 cm³/mol. The number of nitrogens with one attached hydrogen (secondary N) is 2. The van der Waals surface area contributed by atoms with E-state index in [1.165, 1.54) is 11.8 Å². The Morgan fingerprint density at radius 3 is 2.57 bits per heavy atom. The molecule has 23 heavy (non-hydrogen) atoms. The molecule has 0 aliphatic rings. The summed E-state index contributed by atoms with van der Waals surface area (Å²) in [5, 5.41) is 0.687. The van der Waals surface area contributed by atoms with Crippen molar-refractivity contribution >= 4 is 51.1 Å². The van der Waals surface area contributed by atoms with E-state index >= 15 is 0 Å². The molecule has 0 unspecified atom stereocenters. The molecule has 0 aliphatic carbocycles. The van der Waals surface area contributed by atoms with Crippen LogP contribution in [0.3, 0.4) is 0 Å². The molecule has 2 N–H and O–H groups in total. The van der Waals surface area contributed by atoms with Crippen LogP contribution in [0.25, 0.3) is 0 Å². The van der Waals surface area contributed by atoms with E-state index in [9.17, 15) is 9.59 Å². The van der Waals surface area contributed by atoms with Crippen molar-refractivity contribution < 1.29 is 9.59 Å². The summed E-state index contributed by atoms with van der Waals surface area (Å²) < 4.78 is 2.47. The minimum absolute atomic E-state index is 0.250. The van der Waals surface area contributed by atoms with Crippen LogP contribution < -0.4 is 10.9 Å². The second-order valence-electron chi connectivity index (χ2n) is 4.78. The van der Waals surface area contributed by atoms with Gasteiger partial charge in [-0.1, -0.05) is 23.7 Å². The lowest BCUT2D eigenvalue weighted by atomic mass is 10.2. The lowest BCUT2D eigenvalue weighted by Crippen LogP contribution is -2.43. The zero-order valence-electron chi connectivity index (χ0n) is 12.3. The lowest BCUT2D eigenvalue weighted by molar-refractivity contribution is -0.119. The number of hydrogen-bond acceptors (Lipinski definition) is 3. The molecule has 0 bridgehead atoms. The predicted octanol–water partition coefficient (Wildman–Crippen LogP) is 3.14. The first-order chi connectivity index (χ1) is 11.0. The molecule has 0 atom stereocenters. The molecule has 1 heterocycles. The third kappa shape index (κ3) is 5.60. The van der Waals surface area contributed by atoms with Crippen LogP contribution in [0.2, 0.25) is 5.02 Å². The number of thioether (sulfide) groups is 1. The van der Waals surface area contributed by atoms with Gasteiger partial charge in [0, 0.05) is 28.5 Å². The van der Waals surface area contributed by atoms with E-state index < -0.39 is 0 Å². The third-order valence-corrected chi connectivity index (χ3v) is 4.62. The van der Waals surface area contributed by atoms with Gasteiger partial charge in [0.2, 0.25) is 5.91 Å². The molecule has 1 aromatic heterocycles. The highest BCUT2D eigenvalue weighted by Gasteiger charge is 2.11. The molecule has 0 aliphatic heterocycles. The van der Waals surface area contributed by atoms with Crippen LogP contribution in [0, 0.1) is 0 Å². The van der Waals surface area contributed by atoms with E-state index in [1.807, 2.05) is 24.3 Å². The molecular weight excluding hydrogens is 402 g/mol. The van der Waals surface area contributed by atoms with Crippen LogP contribution in [0.5, 0.6) is 0 Å². The largest absolute Gasteiger partial charge is 0.345 e. The van der Waals surface area contributed by atoms with E-state index in [2.05, 4.69) is 26.8 Å². The van der Waals surface area contributed by atoms with Gasteiger partial charge in [-0.3, -0.25) is 20.4 Å². The molecule has 122 valence electrons. The van der Waals surface area contributed by atoms with Crippen molar-refractivity contribution in [2.75, 3.05) is 5.75 Å². The van der Waals surface area contributed by atoms with Crippen LogP contribution in [0.1, 0.15) is 16.1 Å². The summed E-state index contributed by atoms with van der Waals surface area (Å²) in [5.74, 6) is 0.322. The van der Waals surface area contributed by atoms with Crippen LogP contribution in [-0.2, 0) is 17.6 Å². The molecule has 2 amide bonds. The molecule has 0 spiro atoms. The van der Waals surface area contributed by atoms with Gasteiger partial charge in [0.05, 0.1) is 5.75 Å². The van der Waals surface area contributed by atoms with Crippen molar-refractivity contribution in [1.29, 1.82) is 0 Å². The highest BCUT2D eigenvalue weighted by Crippen LogP contribution is 2.15. The standard InChI is InChI=1S/C15H15BrClN3O2S/c1-20-7-11(16)6-13(20)15(22)19-18-14(21)9-23-8-10-2-4-12(17)5-3-10/h2-7H,8-9H2,1H3,(H,18,21)(H,19,22). The van der Waals surface area contributed by atoms with Crippen LogP contribution >= 0.6 is 39.3 Å². The van der Waals surface area contributed by atoms with E-state index in [4.69, 9.17) is 11.6 Å². The molecule has 2 rings (SSSR count). The van der Waals surface area contributed by atoms with Gasteiger partial charge in [-0.15, -0.1) is 11.8 Å². The van der Waals surface area contributed by atoms with E-state index in [-0.39, 0.29) is 17.6 Å². The Balaban J connectivity index is 1.71. The Bertz CT molecular complexity index is 703. The van der Waals surface area contributed by atoms with Crippen LogP contribution in [0.4, 0.5) is 0 Å². The number of carbonyl (C=O) groups excluding carboxylic acids is 2. The van der Waals surface area contributed by atoms with Gasteiger partial charge < -0.3 is 4.57 Å². The molecule has 2 aromatic rings. The lowest BCUT2D eigenvalue weighted by Gasteiger charge is -2.08. The Morgan fingerprint density at radius 2 is 1.96 bits per heavy atom. The van der Waals surface area contributed by atoms with Crippen molar-refractivity contribution in [3.05, 3.63) is 57.3 Å². The molecule has 5 nitrogen and oxygen atoms in total. The molecular formula is C15H15BrClN3O2S. The van der Waals surface area contributed by atoms with Crippen LogP contribution in [-0.4, -0.2) is 22.1 Å². The average molecular weight is 417 g/mol. The van der Waals surface area contributed by atoms with E-state index in [0.717, 1.165) is 10.0 Å². The van der Waals surface area contributed by atoms with Crippen molar-refractivity contribution in [3.63, 3.8) is 0 Å². The van der Waals surface area contributed by atoms with E-state index in [0.29, 0.717) is 16.5 Å². The van der Waals surface area contributed by atoms with Gasteiger partial charge in [0.15, 0.2) is 0 Å². The molecule has 8 heteroatoms. The summed E-state index contributed by atoms with van der Waals surface area (Å²) in [6.45, 7) is 0. The molecule has 0 radical (unpaired) electrons. The van der Waals surface area contributed by atoms with E-state index in [1.54, 1.807) is 23.9 Å². The quantitative estimate of drug-likeness (QED) is 0.736. The second kappa shape index (κ2) is 8.42. The van der Waals surface area contributed by atoms with Crippen molar-refractivity contribution in [2.45, 2.75) is 5.75 Å². The van der Waals surface area contributed by atoms with Gasteiger partial charge in [-0.05, 0) is 39.7 Å². The maximum absolute atomic E-state index is 11.9. The minimum Gasteiger partial charge on any atom is -0.345 e. The maximum Gasteiger partial charge on any atom is 0.286 e. The normalized spacial score (nSPS) is 10.4. The van der Waals surface area contributed by atoms with Crippen molar-refractivity contribution in [1.82, 2.24) is 15.4 Å². The number of rotatable bonds is 5. The monoisotopic (exact) mass is 415 g/mol. The number of amides is 2. The number of nitrogens with zero attached hydrogens (tertiary/aromatic N) is 1. The summed E-state index contributed by atoms with van der Waals surface area (Å²) in [6.07, 6.45) is 1.76. The Morgan fingerprint density at radius 1 is 1.26 bits per heavy atom. The first-order valence-corrected chi connectivity index (χ1v) is 9.01. The minimum atomic E-state index is -0.366. The molecule has 1 aromatic carbocycles. The smallest absolute Gasteiger partial charge is 0.286 e. The fourth-order valence-corrected chi connectivity index (χ4v) is 3.26. The first-order valence-electron chi connectivity index (χ1n) is 6.69. The maximum atomic E-state index is 11.9. The average Bonchev–Trinajstić information content (AvgIpc) is 2.85. The van der Waals surface area contributed by atoms with Gasteiger partial charge in [-0.25, -0.2) is 0 Å². The van der Waals surface area contributed by atoms with Crippen molar-refractivity contribution in [3.8, 4) is 0 Å². The fourth-order valence-electron chi connectivity index (χ4n) is 1.82. The number of carbonyl (C=O) groups is 2. The van der Waals surface area contributed by atoms with Gasteiger partial charge in [0.1, 0.15) is 5.69 Å². The summed E-state index contributed by atoms with van der Waals surface area (Å²) in [4.78, 5) is 23.7. The third-order valence-electron chi connectivity index (χ3n) is 2.93. The number of aryl methyl sites for hydroxylation is 1. The Kier molecular flexibility index (Phi) is 6.56. The van der Waals surface area contributed by atoms with Crippen molar-refractivity contribution in [2.24, 2.45) is 7.05 Å². The number of benzene rings is 1. The summed E-state index contributed by atoms with van der Waals surface area (Å²) in [7, 11) is 1.75. The summed E-state index contributed by atoms with van der Waals surface area (Å²) in [5.41, 5.74) is 6.34. The number of aromatic nitrogens is 1. The topological polar surface area (TPSA) is 63.1 Å². The zero-order chi connectivity index (χ0) is 16.8. The summed E-state index contributed by atoms with van der Waals surface area (Å²) >= 11 is 10.6. The van der Waals surface area contributed by atoms with Gasteiger partial charge >= 0.3 is 0 Å². The molecule has 0 saturated carbocycles. The zero-order valence-corrected chi connectivity index (χ0v) is 15.5. The highest BCUT2D eigenvalue weighted by molar-refractivity contribution is 9.10. The fraction of sp³-hybridized carbons (Fsp3) is 0.200. The molecule has 0 saturated heterocycles. The van der Waals surface area contributed by atoms with Crippen LogP contribution in [0.15, 0.2) is 41.0 Å². The number of halogens is 2. The SMILES string of the molecule is Cn1cc(Br)cc1C(=O)NNC(=O)CSCc1ccc(Cl)cc1. The van der Waals surface area contributed by atoms with Gasteiger partial charge in [0.25, 0.3) is 5.91 Å². The number of hydrazine groups is 1. The number of hydrogen-bond donors (Lipinski definition) is 2. The first kappa shape index (κ1) is 17.9. The van der Waals surface area contributed by atoms with Gasteiger partial charge in [-0.2, -0.15) is 0 Å². The summed E-state index contributed by atoms with van der Waals surface area (Å²) in [6, 6.07) is 9.15. The molecule has 0 fully saturated rings. The Hall–Kier alpha value is -1.44. The Labute approximate surface area is 151 Å².